The number of aromatic nitrogens is 2. The second kappa shape index (κ2) is 6.31. The molecular formula is C16H21ClN2O. The summed E-state index contributed by atoms with van der Waals surface area (Å²) in [7, 11) is 0. The Morgan fingerprint density at radius 1 is 1.25 bits per heavy atom. The maximum atomic E-state index is 6.26. The van der Waals surface area contributed by atoms with Gasteiger partial charge in [-0.15, -0.1) is 0 Å². The Labute approximate surface area is 125 Å². The maximum Gasteiger partial charge on any atom is 0.131 e. The Balaban J connectivity index is 2.09. The van der Waals surface area contributed by atoms with E-state index in [1.165, 1.54) is 5.56 Å². The Bertz CT molecular complexity index is 573. The molecule has 1 heterocycles. The lowest BCUT2D eigenvalue weighted by Gasteiger charge is -2.10. The number of halogens is 1. The molecule has 0 saturated heterocycles. The molecule has 0 saturated carbocycles. The van der Waals surface area contributed by atoms with Gasteiger partial charge < -0.3 is 4.74 Å². The predicted octanol–water partition coefficient (Wildman–Crippen LogP) is 4.57. The summed E-state index contributed by atoms with van der Waals surface area (Å²) in [4.78, 5) is 0. The van der Waals surface area contributed by atoms with Gasteiger partial charge in [0.1, 0.15) is 12.4 Å². The summed E-state index contributed by atoms with van der Waals surface area (Å²) in [5.74, 6) is 1.38. The van der Waals surface area contributed by atoms with Gasteiger partial charge >= 0.3 is 0 Å². The summed E-state index contributed by atoms with van der Waals surface area (Å²) in [6, 6.07) is 8.21. The minimum Gasteiger partial charge on any atom is -0.487 e. The molecule has 0 aliphatic rings. The van der Waals surface area contributed by atoms with Crippen LogP contribution in [0.5, 0.6) is 5.75 Å². The van der Waals surface area contributed by atoms with Gasteiger partial charge in [0, 0.05) is 6.54 Å². The zero-order valence-electron chi connectivity index (χ0n) is 12.5. The van der Waals surface area contributed by atoms with Crippen LogP contribution in [0.15, 0.2) is 24.3 Å². The highest BCUT2D eigenvalue weighted by Gasteiger charge is 2.13. The van der Waals surface area contributed by atoms with Crippen LogP contribution in [0.2, 0.25) is 5.02 Å². The van der Waals surface area contributed by atoms with Crippen molar-refractivity contribution < 1.29 is 4.74 Å². The second-order valence-electron chi connectivity index (χ2n) is 5.17. The van der Waals surface area contributed by atoms with Crippen molar-refractivity contribution in [3.8, 4) is 5.75 Å². The standard InChI is InChI=1S/C16H21ClN2O/c1-5-19-15(16(17)12(4)18-19)10-20-14-8-6-13(7-9-14)11(2)3/h6-9,11H,5,10H2,1-4H3. The van der Waals surface area contributed by atoms with E-state index in [1.54, 1.807) is 0 Å². The average molecular weight is 293 g/mol. The Morgan fingerprint density at radius 3 is 2.45 bits per heavy atom. The Hall–Kier alpha value is -1.48. The van der Waals surface area contributed by atoms with E-state index >= 15 is 0 Å². The first kappa shape index (κ1) is 14.9. The third kappa shape index (κ3) is 3.15. The molecule has 0 radical (unpaired) electrons. The van der Waals surface area contributed by atoms with Gasteiger partial charge in [-0.1, -0.05) is 37.6 Å². The number of ether oxygens (including phenoxy) is 1. The van der Waals surface area contributed by atoms with E-state index in [-0.39, 0.29) is 0 Å². The van der Waals surface area contributed by atoms with Crippen molar-refractivity contribution in [1.29, 1.82) is 0 Å². The zero-order valence-corrected chi connectivity index (χ0v) is 13.2. The Kier molecular flexibility index (Phi) is 4.71. The molecule has 2 aromatic rings. The van der Waals surface area contributed by atoms with Gasteiger partial charge in [0.25, 0.3) is 0 Å². The largest absolute Gasteiger partial charge is 0.487 e. The summed E-state index contributed by atoms with van der Waals surface area (Å²) in [6.07, 6.45) is 0. The van der Waals surface area contributed by atoms with E-state index < -0.39 is 0 Å². The van der Waals surface area contributed by atoms with Crippen molar-refractivity contribution in [3.63, 3.8) is 0 Å². The lowest BCUT2D eigenvalue weighted by molar-refractivity contribution is 0.292. The summed E-state index contributed by atoms with van der Waals surface area (Å²) >= 11 is 6.26. The predicted molar refractivity (Wildman–Crippen MR) is 82.5 cm³/mol. The minimum absolute atomic E-state index is 0.439. The fourth-order valence-corrected chi connectivity index (χ4v) is 2.30. The normalized spacial score (nSPS) is 11.1. The molecule has 0 fully saturated rings. The highest BCUT2D eigenvalue weighted by molar-refractivity contribution is 6.31. The van der Waals surface area contributed by atoms with Crippen LogP contribution in [0.4, 0.5) is 0 Å². The van der Waals surface area contributed by atoms with Gasteiger partial charge in [0.2, 0.25) is 0 Å². The second-order valence-corrected chi connectivity index (χ2v) is 5.55. The molecule has 0 aliphatic carbocycles. The number of hydrogen-bond donors (Lipinski definition) is 0. The van der Waals surface area contributed by atoms with Crippen LogP contribution in [0.1, 0.15) is 43.6 Å². The van der Waals surface area contributed by atoms with Gasteiger partial charge in [0.05, 0.1) is 16.4 Å². The number of hydrogen-bond acceptors (Lipinski definition) is 2. The molecule has 0 N–H and O–H groups in total. The van der Waals surface area contributed by atoms with Crippen LogP contribution < -0.4 is 4.74 Å². The average Bonchev–Trinajstić information content (AvgIpc) is 2.72. The van der Waals surface area contributed by atoms with Crippen molar-refractivity contribution in [1.82, 2.24) is 9.78 Å². The van der Waals surface area contributed by atoms with Crippen LogP contribution in [0.3, 0.4) is 0 Å². The number of rotatable bonds is 5. The van der Waals surface area contributed by atoms with E-state index in [1.807, 2.05) is 30.7 Å². The molecule has 0 aliphatic heterocycles. The Morgan fingerprint density at radius 2 is 1.90 bits per heavy atom. The van der Waals surface area contributed by atoms with Crippen molar-refractivity contribution in [2.24, 2.45) is 0 Å². The summed E-state index contributed by atoms with van der Waals surface area (Å²) in [5.41, 5.74) is 3.09. The van der Waals surface area contributed by atoms with Gasteiger partial charge in [0.15, 0.2) is 0 Å². The molecule has 1 aromatic heterocycles. The van der Waals surface area contributed by atoms with Gasteiger partial charge in [-0.2, -0.15) is 5.10 Å². The van der Waals surface area contributed by atoms with Crippen molar-refractivity contribution in [2.45, 2.75) is 46.8 Å². The van der Waals surface area contributed by atoms with Crippen LogP contribution in [0.25, 0.3) is 0 Å². The third-order valence-corrected chi connectivity index (χ3v) is 3.87. The van der Waals surface area contributed by atoms with Crippen LogP contribution in [0, 0.1) is 6.92 Å². The highest BCUT2D eigenvalue weighted by Crippen LogP contribution is 2.23. The van der Waals surface area contributed by atoms with E-state index in [0.717, 1.165) is 23.7 Å². The molecule has 2 rings (SSSR count). The van der Waals surface area contributed by atoms with E-state index in [9.17, 15) is 0 Å². The summed E-state index contributed by atoms with van der Waals surface area (Å²) in [6.45, 7) is 9.54. The van der Waals surface area contributed by atoms with Crippen molar-refractivity contribution in [2.75, 3.05) is 0 Å². The van der Waals surface area contributed by atoms with E-state index in [2.05, 4.69) is 31.1 Å². The summed E-state index contributed by atoms with van der Waals surface area (Å²) in [5, 5.41) is 5.08. The zero-order chi connectivity index (χ0) is 14.7. The van der Waals surface area contributed by atoms with Gasteiger partial charge in [-0.25, -0.2) is 0 Å². The smallest absolute Gasteiger partial charge is 0.131 e. The van der Waals surface area contributed by atoms with Crippen LogP contribution in [-0.2, 0) is 13.2 Å². The van der Waals surface area contributed by atoms with Gasteiger partial charge in [-0.3, -0.25) is 4.68 Å². The molecule has 4 heteroatoms. The number of nitrogens with zero attached hydrogens (tertiary/aromatic N) is 2. The number of aryl methyl sites for hydroxylation is 2. The molecular weight excluding hydrogens is 272 g/mol. The summed E-state index contributed by atoms with van der Waals surface area (Å²) < 4.78 is 7.71. The fourth-order valence-electron chi connectivity index (χ4n) is 2.11. The molecule has 0 spiro atoms. The molecule has 0 unspecified atom stereocenters. The van der Waals surface area contributed by atoms with Crippen molar-refractivity contribution in [3.05, 3.63) is 46.2 Å². The first-order valence-corrected chi connectivity index (χ1v) is 7.35. The van der Waals surface area contributed by atoms with E-state index in [0.29, 0.717) is 17.5 Å². The molecule has 0 bridgehead atoms. The van der Waals surface area contributed by atoms with E-state index in [4.69, 9.17) is 16.3 Å². The molecule has 20 heavy (non-hydrogen) atoms. The SMILES string of the molecule is CCn1nc(C)c(Cl)c1COc1ccc(C(C)C)cc1. The minimum atomic E-state index is 0.439. The molecule has 3 nitrogen and oxygen atoms in total. The first-order chi connectivity index (χ1) is 9.52. The first-order valence-electron chi connectivity index (χ1n) is 6.97. The maximum absolute atomic E-state index is 6.26. The van der Waals surface area contributed by atoms with Gasteiger partial charge in [-0.05, 0) is 37.5 Å². The van der Waals surface area contributed by atoms with Crippen LogP contribution >= 0.6 is 11.6 Å². The topological polar surface area (TPSA) is 27.1 Å². The fraction of sp³-hybridized carbons (Fsp3) is 0.438. The molecule has 0 atom stereocenters. The molecule has 1 aromatic carbocycles. The quantitative estimate of drug-likeness (QED) is 0.807. The lowest BCUT2D eigenvalue weighted by Crippen LogP contribution is -2.06. The molecule has 0 amide bonds. The highest BCUT2D eigenvalue weighted by atomic mass is 35.5. The molecule has 108 valence electrons. The number of benzene rings is 1. The van der Waals surface area contributed by atoms with Crippen molar-refractivity contribution >= 4 is 11.6 Å². The van der Waals surface area contributed by atoms with Crippen LogP contribution in [-0.4, -0.2) is 9.78 Å². The third-order valence-electron chi connectivity index (χ3n) is 3.38. The monoisotopic (exact) mass is 292 g/mol. The lowest BCUT2D eigenvalue weighted by atomic mass is 10.0.